The summed E-state index contributed by atoms with van der Waals surface area (Å²) in [6.45, 7) is 1.58. The second kappa shape index (κ2) is 4.06. The predicted molar refractivity (Wildman–Crippen MR) is 48.6 cm³/mol. The Labute approximate surface area is 77.9 Å². The van der Waals surface area contributed by atoms with Gasteiger partial charge in [-0.3, -0.25) is 9.52 Å². The number of sulfonamides is 1. The maximum absolute atomic E-state index is 11.0. The zero-order valence-electron chi connectivity index (χ0n) is 7.54. The van der Waals surface area contributed by atoms with Crippen LogP contribution in [0.25, 0.3) is 0 Å². The molecule has 0 radical (unpaired) electrons. The number of nitrogens with one attached hydrogen (secondary N) is 2. The molecule has 0 aliphatic heterocycles. The molecule has 2 N–H and O–H groups in total. The zero-order valence-corrected chi connectivity index (χ0v) is 8.36. The first-order chi connectivity index (χ1) is 6.03. The summed E-state index contributed by atoms with van der Waals surface area (Å²) < 4.78 is 23.8. The van der Waals surface area contributed by atoms with E-state index in [-0.39, 0.29) is 12.3 Å². The van der Waals surface area contributed by atoms with Gasteiger partial charge in [0.25, 0.3) is 0 Å². The van der Waals surface area contributed by atoms with Crippen LogP contribution in [0.3, 0.4) is 0 Å². The Bertz CT molecular complexity index is 282. The van der Waals surface area contributed by atoms with Gasteiger partial charge in [0.2, 0.25) is 15.9 Å². The summed E-state index contributed by atoms with van der Waals surface area (Å²) in [5.41, 5.74) is 0. The van der Waals surface area contributed by atoms with E-state index in [0.717, 1.165) is 12.8 Å². The van der Waals surface area contributed by atoms with Gasteiger partial charge in [0.1, 0.15) is 0 Å². The van der Waals surface area contributed by atoms with Crippen molar-refractivity contribution in [3.63, 3.8) is 0 Å². The van der Waals surface area contributed by atoms with Crippen molar-refractivity contribution in [3.05, 3.63) is 0 Å². The second-order valence-electron chi connectivity index (χ2n) is 3.08. The summed E-state index contributed by atoms with van der Waals surface area (Å²) in [7, 11) is -3.39. The normalized spacial score (nSPS) is 17.0. The molecule has 0 atom stereocenters. The third kappa shape index (κ3) is 4.23. The maximum Gasteiger partial charge on any atom is 0.247 e. The number of hydrogen-bond donors (Lipinski definition) is 2. The Morgan fingerprint density at radius 3 is 2.54 bits per heavy atom. The first kappa shape index (κ1) is 10.5. The highest BCUT2D eigenvalue weighted by molar-refractivity contribution is 7.90. The van der Waals surface area contributed by atoms with E-state index in [1.807, 2.05) is 4.72 Å². The van der Waals surface area contributed by atoms with Gasteiger partial charge in [-0.25, -0.2) is 8.42 Å². The van der Waals surface area contributed by atoms with Gasteiger partial charge in [-0.05, 0) is 19.8 Å². The largest absolute Gasteiger partial charge is 0.306 e. The van der Waals surface area contributed by atoms with Gasteiger partial charge in [-0.1, -0.05) is 0 Å². The van der Waals surface area contributed by atoms with Crippen LogP contribution in [0.2, 0.25) is 0 Å². The summed E-state index contributed by atoms with van der Waals surface area (Å²) in [5.74, 6) is -0.545. The lowest BCUT2D eigenvalue weighted by molar-refractivity contribution is -0.118. The molecule has 13 heavy (non-hydrogen) atoms. The number of carbonyl (C=O) groups excluding carboxylic acids is 1. The number of carbonyl (C=O) groups is 1. The van der Waals surface area contributed by atoms with Crippen molar-refractivity contribution in [2.24, 2.45) is 0 Å². The minimum atomic E-state index is -3.39. The van der Waals surface area contributed by atoms with E-state index < -0.39 is 15.9 Å². The lowest BCUT2D eigenvalue weighted by atomic mass is 10.6. The molecule has 6 heteroatoms. The molecule has 1 aliphatic carbocycles. The fourth-order valence-corrected chi connectivity index (χ4v) is 1.37. The van der Waals surface area contributed by atoms with Gasteiger partial charge in [0.15, 0.2) is 0 Å². The average molecular weight is 206 g/mol. The maximum atomic E-state index is 11.0. The first-order valence-corrected chi connectivity index (χ1v) is 5.95. The first-order valence-electron chi connectivity index (χ1n) is 4.30. The summed E-state index contributed by atoms with van der Waals surface area (Å²) in [6, 6.07) is 0.412. The standard InChI is InChI=1S/C7H14N2O3S/c1-2-13(11,12)9-7(10)5-8-6-3-4-6/h6,8H,2-5H2,1H3,(H,9,10). The molecule has 0 spiro atoms. The molecular formula is C7H14N2O3S. The zero-order chi connectivity index (χ0) is 9.90. The van der Waals surface area contributed by atoms with Crippen molar-refractivity contribution in [3.8, 4) is 0 Å². The minimum Gasteiger partial charge on any atom is -0.306 e. The van der Waals surface area contributed by atoms with Crippen LogP contribution >= 0.6 is 0 Å². The van der Waals surface area contributed by atoms with Crippen molar-refractivity contribution in [2.75, 3.05) is 12.3 Å². The molecule has 0 aromatic carbocycles. The predicted octanol–water partition coefficient (Wildman–Crippen LogP) is -0.796. The molecule has 76 valence electrons. The quantitative estimate of drug-likeness (QED) is 0.618. The van der Waals surface area contributed by atoms with Crippen molar-refractivity contribution >= 4 is 15.9 Å². The van der Waals surface area contributed by atoms with Crippen LogP contribution in [0.15, 0.2) is 0 Å². The Balaban J connectivity index is 2.23. The third-order valence-corrected chi connectivity index (χ3v) is 3.08. The number of rotatable bonds is 5. The van der Waals surface area contributed by atoms with Crippen LogP contribution in [0.4, 0.5) is 0 Å². The Morgan fingerprint density at radius 2 is 2.08 bits per heavy atom. The van der Waals surface area contributed by atoms with Crippen LogP contribution in [-0.4, -0.2) is 32.7 Å². The SMILES string of the molecule is CCS(=O)(=O)NC(=O)CNC1CC1. The molecule has 0 aromatic rings. The Hall–Kier alpha value is -0.620. The summed E-state index contributed by atoms with van der Waals surface area (Å²) in [4.78, 5) is 11.0. The molecule has 0 bridgehead atoms. The fourth-order valence-electron chi connectivity index (χ4n) is 0.806. The molecule has 0 saturated heterocycles. The van der Waals surface area contributed by atoms with Gasteiger partial charge in [-0.2, -0.15) is 0 Å². The lowest BCUT2D eigenvalue weighted by Crippen LogP contribution is -2.39. The van der Waals surface area contributed by atoms with Crippen molar-refractivity contribution < 1.29 is 13.2 Å². The molecule has 0 heterocycles. The minimum absolute atomic E-state index is 0.0673. The van der Waals surface area contributed by atoms with Crippen molar-refractivity contribution in [1.82, 2.24) is 10.0 Å². The highest BCUT2D eigenvalue weighted by Gasteiger charge is 2.21. The molecule has 1 aliphatic rings. The molecule has 1 saturated carbocycles. The van der Waals surface area contributed by atoms with E-state index >= 15 is 0 Å². The molecule has 5 nitrogen and oxygen atoms in total. The third-order valence-electron chi connectivity index (χ3n) is 1.78. The molecule has 0 aromatic heterocycles. The number of hydrogen-bond acceptors (Lipinski definition) is 4. The van der Waals surface area contributed by atoms with Gasteiger partial charge in [0.05, 0.1) is 12.3 Å². The van der Waals surface area contributed by atoms with Gasteiger partial charge < -0.3 is 5.32 Å². The molecular weight excluding hydrogens is 192 g/mol. The van der Waals surface area contributed by atoms with Gasteiger partial charge in [-0.15, -0.1) is 0 Å². The topological polar surface area (TPSA) is 75.3 Å². The van der Waals surface area contributed by atoms with E-state index in [0.29, 0.717) is 6.04 Å². The summed E-state index contributed by atoms with van der Waals surface area (Å²) in [6.07, 6.45) is 2.15. The fraction of sp³-hybridized carbons (Fsp3) is 0.857. The van der Waals surface area contributed by atoms with Crippen LogP contribution in [0.5, 0.6) is 0 Å². The van der Waals surface area contributed by atoms with Gasteiger partial charge >= 0.3 is 0 Å². The van der Waals surface area contributed by atoms with E-state index in [2.05, 4.69) is 5.32 Å². The average Bonchev–Trinajstić information content (AvgIpc) is 2.83. The van der Waals surface area contributed by atoms with Crippen molar-refractivity contribution in [1.29, 1.82) is 0 Å². The van der Waals surface area contributed by atoms with E-state index in [1.165, 1.54) is 6.92 Å². The van der Waals surface area contributed by atoms with E-state index in [1.54, 1.807) is 0 Å². The van der Waals surface area contributed by atoms with Gasteiger partial charge in [0, 0.05) is 6.04 Å². The smallest absolute Gasteiger partial charge is 0.247 e. The molecule has 1 amide bonds. The van der Waals surface area contributed by atoms with Crippen LogP contribution < -0.4 is 10.0 Å². The highest BCUT2D eigenvalue weighted by atomic mass is 32.2. The van der Waals surface area contributed by atoms with Crippen LogP contribution in [-0.2, 0) is 14.8 Å². The molecule has 1 fully saturated rings. The lowest BCUT2D eigenvalue weighted by Gasteiger charge is -2.04. The van der Waals surface area contributed by atoms with E-state index in [4.69, 9.17) is 0 Å². The Morgan fingerprint density at radius 1 is 1.46 bits per heavy atom. The number of amides is 1. The van der Waals surface area contributed by atoms with Crippen LogP contribution in [0.1, 0.15) is 19.8 Å². The highest BCUT2D eigenvalue weighted by Crippen LogP contribution is 2.17. The van der Waals surface area contributed by atoms with Crippen molar-refractivity contribution in [2.45, 2.75) is 25.8 Å². The Kier molecular flexibility index (Phi) is 3.27. The summed E-state index contributed by atoms with van der Waals surface area (Å²) >= 11 is 0. The monoisotopic (exact) mass is 206 g/mol. The summed E-state index contributed by atoms with van der Waals surface area (Å²) in [5, 5.41) is 2.93. The molecule has 0 unspecified atom stereocenters. The van der Waals surface area contributed by atoms with Crippen LogP contribution in [0, 0.1) is 0 Å². The molecule has 1 rings (SSSR count). The second-order valence-corrected chi connectivity index (χ2v) is 5.09. The van der Waals surface area contributed by atoms with E-state index in [9.17, 15) is 13.2 Å².